The Balaban J connectivity index is 2.50. The maximum Gasteiger partial charge on any atom is 0.340 e. The molecule has 0 unspecified atom stereocenters. The van der Waals surface area contributed by atoms with E-state index in [9.17, 15) is 9.59 Å². The molecule has 5 nitrogen and oxygen atoms in total. The lowest BCUT2D eigenvalue weighted by Gasteiger charge is -2.16. The molecule has 0 radical (unpaired) electrons. The highest BCUT2D eigenvalue weighted by molar-refractivity contribution is 6.35. The van der Waals surface area contributed by atoms with Crippen LogP contribution in [0.5, 0.6) is 0 Å². The third kappa shape index (κ3) is 4.24. The molecule has 0 aliphatic carbocycles. The van der Waals surface area contributed by atoms with Crippen molar-refractivity contribution >= 4 is 41.2 Å². The summed E-state index contributed by atoms with van der Waals surface area (Å²) in [6, 6.07) is 4.95. The number of allylic oxidation sites excluding steroid dienone is 1. The topological polar surface area (TPSA) is 55.8 Å². The van der Waals surface area contributed by atoms with E-state index in [0.717, 1.165) is 0 Å². The third-order valence-corrected chi connectivity index (χ3v) is 4.33. The van der Waals surface area contributed by atoms with E-state index < -0.39 is 5.97 Å². The number of hydrogen-bond acceptors (Lipinski definition) is 4. The molecule has 1 aliphatic rings. The van der Waals surface area contributed by atoms with Crippen LogP contribution in [0.2, 0.25) is 10.0 Å². The molecule has 0 N–H and O–H groups in total. The van der Waals surface area contributed by atoms with Gasteiger partial charge in [-0.15, -0.1) is 0 Å². The minimum absolute atomic E-state index is 0.219. The van der Waals surface area contributed by atoms with Gasteiger partial charge < -0.3 is 14.4 Å². The minimum atomic E-state index is -0.537. The molecule has 1 heterocycles. The van der Waals surface area contributed by atoms with E-state index >= 15 is 0 Å². The van der Waals surface area contributed by atoms with Crippen molar-refractivity contribution in [3.63, 3.8) is 0 Å². The fraction of sp³-hybridized carbons (Fsp3) is 0.333. The van der Waals surface area contributed by atoms with Gasteiger partial charge >= 0.3 is 5.97 Å². The lowest BCUT2D eigenvalue weighted by Crippen LogP contribution is -2.28. The molecule has 0 saturated carbocycles. The Morgan fingerprint density at radius 3 is 2.64 bits per heavy atom. The summed E-state index contributed by atoms with van der Waals surface area (Å²) in [5.41, 5.74) is 1.62. The van der Waals surface area contributed by atoms with Crippen molar-refractivity contribution in [1.82, 2.24) is 4.90 Å². The predicted molar refractivity (Wildman–Crippen MR) is 97.4 cm³/mol. The van der Waals surface area contributed by atoms with Gasteiger partial charge in [0.15, 0.2) is 0 Å². The van der Waals surface area contributed by atoms with Crippen molar-refractivity contribution in [1.29, 1.82) is 0 Å². The molecule has 0 atom stereocenters. The van der Waals surface area contributed by atoms with E-state index in [1.54, 1.807) is 45.2 Å². The maximum absolute atomic E-state index is 12.8. The second-order valence-corrected chi connectivity index (χ2v) is 6.20. The first-order valence-electron chi connectivity index (χ1n) is 7.76. The third-order valence-electron chi connectivity index (χ3n) is 3.77. The van der Waals surface area contributed by atoms with E-state index in [2.05, 4.69) is 0 Å². The normalized spacial score (nSPS) is 16.1. The van der Waals surface area contributed by atoms with Crippen LogP contribution in [0, 0.1) is 0 Å². The quantitative estimate of drug-likeness (QED) is 0.554. The number of amides is 1. The second-order valence-electron chi connectivity index (χ2n) is 5.35. The zero-order chi connectivity index (χ0) is 18.6. The zero-order valence-corrected chi connectivity index (χ0v) is 15.8. The average molecular weight is 384 g/mol. The van der Waals surface area contributed by atoms with E-state index in [4.69, 9.17) is 32.7 Å². The molecule has 1 aromatic carbocycles. The van der Waals surface area contributed by atoms with Crippen LogP contribution in [0.15, 0.2) is 35.0 Å². The van der Waals surface area contributed by atoms with Gasteiger partial charge in [-0.2, -0.15) is 0 Å². The van der Waals surface area contributed by atoms with Crippen molar-refractivity contribution in [2.24, 2.45) is 0 Å². The summed E-state index contributed by atoms with van der Waals surface area (Å²) in [5, 5.41) is 0.882. The van der Waals surface area contributed by atoms with Crippen molar-refractivity contribution in [2.75, 3.05) is 26.9 Å². The van der Waals surface area contributed by atoms with Gasteiger partial charge in [0.2, 0.25) is 0 Å². The smallest absolute Gasteiger partial charge is 0.340 e. The van der Waals surface area contributed by atoms with E-state index in [1.165, 1.54) is 4.90 Å². The van der Waals surface area contributed by atoms with Gasteiger partial charge in [0.1, 0.15) is 0 Å². The van der Waals surface area contributed by atoms with Crippen LogP contribution in [0.4, 0.5) is 0 Å². The SMILES string of the molecule is CCOC(=O)C1=C(C)N(CCOC)C(=O)/C1=C\c1ccc(Cl)cc1Cl. The number of carbonyl (C=O) groups excluding carboxylic acids is 2. The standard InChI is InChI=1S/C18H19Cl2NO4/c1-4-25-18(23)16-11(2)21(7-8-24-3)17(22)14(16)9-12-5-6-13(19)10-15(12)20/h5-6,9-10H,4,7-8H2,1-3H3/b14-9-. The van der Waals surface area contributed by atoms with Gasteiger partial charge in [-0.25, -0.2) is 4.79 Å². The van der Waals surface area contributed by atoms with Crippen LogP contribution in [-0.2, 0) is 19.1 Å². The molecule has 25 heavy (non-hydrogen) atoms. The summed E-state index contributed by atoms with van der Waals surface area (Å²) in [5.74, 6) is -0.826. The van der Waals surface area contributed by atoms with E-state index in [1.807, 2.05) is 0 Å². The number of esters is 1. The summed E-state index contributed by atoms with van der Waals surface area (Å²) < 4.78 is 10.2. The molecule has 0 bridgehead atoms. The van der Waals surface area contributed by atoms with Crippen LogP contribution < -0.4 is 0 Å². The van der Waals surface area contributed by atoms with Gasteiger partial charge in [-0.3, -0.25) is 4.79 Å². The zero-order valence-electron chi connectivity index (χ0n) is 14.3. The maximum atomic E-state index is 12.8. The first kappa shape index (κ1) is 19.5. The highest BCUT2D eigenvalue weighted by Gasteiger charge is 2.37. The van der Waals surface area contributed by atoms with Crippen molar-refractivity contribution in [2.45, 2.75) is 13.8 Å². The minimum Gasteiger partial charge on any atom is -0.462 e. The lowest BCUT2D eigenvalue weighted by molar-refractivity contribution is -0.138. The molecule has 7 heteroatoms. The van der Waals surface area contributed by atoms with Gasteiger partial charge in [-0.1, -0.05) is 29.3 Å². The number of carbonyl (C=O) groups is 2. The van der Waals surface area contributed by atoms with E-state index in [0.29, 0.717) is 34.5 Å². The Morgan fingerprint density at radius 2 is 2.04 bits per heavy atom. The summed E-state index contributed by atoms with van der Waals surface area (Å²) >= 11 is 12.1. The van der Waals surface area contributed by atoms with Crippen molar-refractivity contribution < 1.29 is 19.1 Å². The van der Waals surface area contributed by atoms with Gasteiger partial charge in [0, 0.05) is 29.4 Å². The summed E-state index contributed by atoms with van der Waals surface area (Å²) in [7, 11) is 1.55. The molecule has 0 aromatic heterocycles. The number of hydrogen-bond donors (Lipinski definition) is 0. The molecule has 0 spiro atoms. The first-order valence-corrected chi connectivity index (χ1v) is 8.52. The average Bonchev–Trinajstić information content (AvgIpc) is 2.79. The van der Waals surface area contributed by atoms with Gasteiger partial charge in [-0.05, 0) is 37.6 Å². The van der Waals surface area contributed by atoms with Crippen molar-refractivity contribution in [3.8, 4) is 0 Å². The Hall–Kier alpha value is -1.82. The monoisotopic (exact) mass is 383 g/mol. The molecule has 0 fully saturated rings. The molecule has 1 aliphatic heterocycles. The number of nitrogens with zero attached hydrogens (tertiary/aromatic N) is 1. The van der Waals surface area contributed by atoms with E-state index in [-0.39, 0.29) is 23.7 Å². The van der Waals surface area contributed by atoms with Gasteiger partial charge in [0.05, 0.1) is 24.4 Å². The fourth-order valence-electron chi connectivity index (χ4n) is 2.56. The summed E-state index contributed by atoms with van der Waals surface area (Å²) in [6.07, 6.45) is 1.59. The Labute approximate surface area is 156 Å². The van der Waals surface area contributed by atoms with Crippen LogP contribution in [0.1, 0.15) is 19.4 Å². The number of rotatable bonds is 6. The van der Waals surface area contributed by atoms with Crippen LogP contribution >= 0.6 is 23.2 Å². The number of ether oxygens (including phenoxy) is 2. The number of halogens is 2. The highest BCUT2D eigenvalue weighted by Crippen LogP contribution is 2.33. The predicted octanol–water partition coefficient (Wildman–Crippen LogP) is 3.70. The lowest BCUT2D eigenvalue weighted by atomic mass is 10.0. The number of methoxy groups -OCH3 is 1. The van der Waals surface area contributed by atoms with Crippen LogP contribution in [0.3, 0.4) is 0 Å². The first-order chi connectivity index (χ1) is 11.9. The Kier molecular flexibility index (Phi) is 6.64. The molecule has 134 valence electrons. The molecular formula is C18H19Cl2NO4. The van der Waals surface area contributed by atoms with Crippen molar-refractivity contribution in [3.05, 3.63) is 50.7 Å². The summed E-state index contributed by atoms with van der Waals surface area (Å²) in [4.78, 5) is 26.7. The summed E-state index contributed by atoms with van der Waals surface area (Å²) in [6.45, 7) is 4.34. The number of benzene rings is 1. The Morgan fingerprint density at radius 1 is 1.32 bits per heavy atom. The molecule has 1 aromatic rings. The molecule has 2 rings (SSSR count). The molecule has 1 amide bonds. The largest absolute Gasteiger partial charge is 0.462 e. The highest BCUT2D eigenvalue weighted by atomic mass is 35.5. The second kappa shape index (κ2) is 8.52. The molecular weight excluding hydrogens is 365 g/mol. The Bertz CT molecular complexity index is 755. The van der Waals surface area contributed by atoms with Crippen LogP contribution in [0.25, 0.3) is 6.08 Å². The molecule has 0 saturated heterocycles. The van der Waals surface area contributed by atoms with Crippen LogP contribution in [-0.4, -0.2) is 43.6 Å². The van der Waals surface area contributed by atoms with Gasteiger partial charge in [0.25, 0.3) is 5.91 Å². The fourth-order valence-corrected chi connectivity index (χ4v) is 3.02.